The van der Waals surface area contributed by atoms with E-state index in [4.69, 9.17) is 9.63 Å². The summed E-state index contributed by atoms with van der Waals surface area (Å²) in [5.74, 6) is -1.53. The standard InChI is InChI=1S/C15H17N3O4/c1-2-12-11-6-10(7-16-13(11)22-17-12)14(19)18-5-3-4-9(8-18)15(20)21/h6-7,9H,2-5,8H2,1H3,(H,20,21). The summed E-state index contributed by atoms with van der Waals surface area (Å²) >= 11 is 0. The number of pyridine rings is 1. The number of aliphatic carboxylic acids is 1. The fraction of sp³-hybridized carbons (Fsp3) is 0.467. The predicted molar refractivity (Wildman–Crippen MR) is 77.4 cm³/mol. The van der Waals surface area contributed by atoms with Crippen LogP contribution in [-0.4, -0.2) is 45.1 Å². The van der Waals surface area contributed by atoms with Crippen LogP contribution in [0.1, 0.15) is 35.8 Å². The maximum absolute atomic E-state index is 12.6. The molecule has 1 saturated heterocycles. The number of carboxylic acid groups (broad SMARTS) is 1. The molecule has 1 aliphatic heterocycles. The lowest BCUT2D eigenvalue weighted by atomic mass is 9.97. The molecule has 0 bridgehead atoms. The van der Waals surface area contributed by atoms with Crippen LogP contribution in [0.2, 0.25) is 0 Å². The maximum atomic E-state index is 12.6. The minimum absolute atomic E-state index is 0.191. The highest BCUT2D eigenvalue weighted by molar-refractivity contribution is 5.97. The molecule has 1 fully saturated rings. The quantitative estimate of drug-likeness (QED) is 0.927. The predicted octanol–water partition coefficient (Wildman–Crippen LogP) is 1.72. The highest BCUT2D eigenvalue weighted by atomic mass is 16.5. The van der Waals surface area contributed by atoms with Crippen molar-refractivity contribution in [1.29, 1.82) is 0 Å². The Balaban J connectivity index is 1.86. The minimum Gasteiger partial charge on any atom is -0.481 e. The van der Waals surface area contributed by atoms with E-state index in [0.29, 0.717) is 37.1 Å². The molecule has 1 amide bonds. The number of carbonyl (C=O) groups excluding carboxylic acids is 1. The van der Waals surface area contributed by atoms with Crippen LogP contribution in [0, 0.1) is 5.92 Å². The third kappa shape index (κ3) is 2.54. The van der Waals surface area contributed by atoms with Gasteiger partial charge in [0.1, 0.15) is 0 Å². The van der Waals surface area contributed by atoms with Crippen molar-refractivity contribution >= 4 is 23.0 Å². The molecule has 116 valence electrons. The second kappa shape index (κ2) is 5.75. The normalized spacial score (nSPS) is 18.6. The molecule has 2 aromatic rings. The van der Waals surface area contributed by atoms with E-state index in [9.17, 15) is 9.59 Å². The molecule has 1 aliphatic rings. The lowest BCUT2D eigenvalue weighted by Gasteiger charge is -2.30. The Bertz CT molecular complexity index is 725. The van der Waals surface area contributed by atoms with Gasteiger partial charge < -0.3 is 14.5 Å². The molecular formula is C15H17N3O4. The summed E-state index contributed by atoms with van der Waals surface area (Å²) in [6.45, 7) is 2.77. The fourth-order valence-electron chi connectivity index (χ4n) is 2.80. The van der Waals surface area contributed by atoms with Crippen LogP contribution in [0.25, 0.3) is 11.1 Å². The molecule has 7 nitrogen and oxygen atoms in total. The van der Waals surface area contributed by atoms with E-state index in [1.54, 1.807) is 11.0 Å². The Hall–Kier alpha value is -2.44. The average molecular weight is 303 g/mol. The number of hydrogen-bond acceptors (Lipinski definition) is 5. The number of nitrogens with zero attached hydrogens (tertiary/aromatic N) is 3. The first kappa shape index (κ1) is 14.5. The zero-order valence-electron chi connectivity index (χ0n) is 12.3. The van der Waals surface area contributed by atoms with Crippen molar-refractivity contribution in [2.75, 3.05) is 13.1 Å². The van der Waals surface area contributed by atoms with Crippen molar-refractivity contribution in [3.63, 3.8) is 0 Å². The fourth-order valence-corrected chi connectivity index (χ4v) is 2.80. The summed E-state index contributed by atoms with van der Waals surface area (Å²) < 4.78 is 5.10. The summed E-state index contributed by atoms with van der Waals surface area (Å²) in [7, 11) is 0. The number of piperidine rings is 1. The highest BCUT2D eigenvalue weighted by Crippen LogP contribution is 2.22. The zero-order valence-corrected chi connectivity index (χ0v) is 12.3. The van der Waals surface area contributed by atoms with Crippen molar-refractivity contribution in [3.8, 4) is 0 Å². The average Bonchev–Trinajstić information content (AvgIpc) is 2.96. The van der Waals surface area contributed by atoms with Gasteiger partial charge in [-0.3, -0.25) is 9.59 Å². The van der Waals surface area contributed by atoms with E-state index in [1.807, 2.05) is 6.92 Å². The Kier molecular flexibility index (Phi) is 3.79. The molecular weight excluding hydrogens is 286 g/mol. The number of likely N-dealkylation sites (tertiary alicyclic amines) is 1. The van der Waals surface area contributed by atoms with Crippen molar-refractivity contribution in [3.05, 3.63) is 23.5 Å². The van der Waals surface area contributed by atoms with Crippen LogP contribution in [0.5, 0.6) is 0 Å². The molecule has 3 heterocycles. The Morgan fingerprint density at radius 2 is 2.32 bits per heavy atom. The summed E-state index contributed by atoms with van der Waals surface area (Å²) in [6, 6.07) is 1.73. The molecule has 1 atom stereocenters. The third-order valence-corrected chi connectivity index (χ3v) is 4.04. The monoisotopic (exact) mass is 303 g/mol. The number of aryl methyl sites for hydroxylation is 1. The number of carboxylic acids is 1. The lowest BCUT2D eigenvalue weighted by molar-refractivity contribution is -0.143. The highest BCUT2D eigenvalue weighted by Gasteiger charge is 2.29. The van der Waals surface area contributed by atoms with Crippen LogP contribution < -0.4 is 0 Å². The molecule has 0 spiro atoms. The van der Waals surface area contributed by atoms with Crippen LogP contribution in [-0.2, 0) is 11.2 Å². The van der Waals surface area contributed by atoms with E-state index in [-0.39, 0.29) is 12.5 Å². The van der Waals surface area contributed by atoms with Gasteiger partial charge >= 0.3 is 5.97 Å². The van der Waals surface area contributed by atoms with Gasteiger partial charge in [0.05, 0.1) is 22.6 Å². The van der Waals surface area contributed by atoms with Gasteiger partial charge in [-0.1, -0.05) is 12.1 Å². The van der Waals surface area contributed by atoms with Gasteiger partial charge in [0.15, 0.2) is 0 Å². The third-order valence-electron chi connectivity index (χ3n) is 4.04. The van der Waals surface area contributed by atoms with Gasteiger partial charge in [-0.25, -0.2) is 4.98 Å². The van der Waals surface area contributed by atoms with E-state index in [1.165, 1.54) is 6.20 Å². The van der Waals surface area contributed by atoms with Gasteiger partial charge in [-0.2, -0.15) is 0 Å². The first-order chi connectivity index (χ1) is 10.6. The Morgan fingerprint density at radius 1 is 1.50 bits per heavy atom. The van der Waals surface area contributed by atoms with Gasteiger partial charge in [0.25, 0.3) is 11.6 Å². The second-order valence-corrected chi connectivity index (χ2v) is 5.49. The van der Waals surface area contributed by atoms with Crippen LogP contribution in [0.4, 0.5) is 0 Å². The number of amides is 1. The summed E-state index contributed by atoms with van der Waals surface area (Å²) in [5, 5.41) is 13.8. The van der Waals surface area contributed by atoms with Crippen LogP contribution in [0.3, 0.4) is 0 Å². The molecule has 3 rings (SSSR count). The van der Waals surface area contributed by atoms with E-state index < -0.39 is 11.9 Å². The van der Waals surface area contributed by atoms with Crippen molar-refractivity contribution in [2.45, 2.75) is 26.2 Å². The van der Waals surface area contributed by atoms with E-state index in [2.05, 4.69) is 10.1 Å². The van der Waals surface area contributed by atoms with Crippen molar-refractivity contribution < 1.29 is 19.2 Å². The molecule has 0 aliphatic carbocycles. The lowest BCUT2D eigenvalue weighted by Crippen LogP contribution is -2.42. The summed E-state index contributed by atoms with van der Waals surface area (Å²) in [4.78, 5) is 29.4. The maximum Gasteiger partial charge on any atom is 0.308 e. The SMILES string of the molecule is CCc1noc2ncc(C(=O)N3CCCC(C(=O)O)C3)cc12. The molecule has 1 unspecified atom stereocenters. The van der Waals surface area contributed by atoms with Crippen molar-refractivity contribution in [2.24, 2.45) is 5.92 Å². The van der Waals surface area contributed by atoms with E-state index in [0.717, 1.165) is 11.1 Å². The van der Waals surface area contributed by atoms with Gasteiger partial charge in [-0.15, -0.1) is 0 Å². The molecule has 0 saturated carbocycles. The molecule has 0 aromatic carbocycles. The smallest absolute Gasteiger partial charge is 0.308 e. The van der Waals surface area contributed by atoms with Gasteiger partial charge in [-0.05, 0) is 25.3 Å². The van der Waals surface area contributed by atoms with Crippen molar-refractivity contribution in [1.82, 2.24) is 15.0 Å². The second-order valence-electron chi connectivity index (χ2n) is 5.49. The van der Waals surface area contributed by atoms with Crippen LogP contribution >= 0.6 is 0 Å². The Morgan fingerprint density at radius 3 is 3.05 bits per heavy atom. The topological polar surface area (TPSA) is 96.5 Å². The van der Waals surface area contributed by atoms with Gasteiger partial charge in [0.2, 0.25) is 0 Å². The molecule has 22 heavy (non-hydrogen) atoms. The Labute approximate surface area is 126 Å². The number of hydrogen-bond donors (Lipinski definition) is 1. The largest absolute Gasteiger partial charge is 0.481 e. The van der Waals surface area contributed by atoms with E-state index >= 15 is 0 Å². The number of carbonyl (C=O) groups is 2. The summed E-state index contributed by atoms with van der Waals surface area (Å²) in [5.41, 5.74) is 1.62. The first-order valence-electron chi connectivity index (χ1n) is 7.36. The summed E-state index contributed by atoms with van der Waals surface area (Å²) in [6.07, 6.45) is 3.46. The van der Waals surface area contributed by atoms with Crippen LogP contribution in [0.15, 0.2) is 16.8 Å². The minimum atomic E-state index is -0.849. The molecule has 2 aromatic heterocycles. The molecule has 1 N–H and O–H groups in total. The molecule has 7 heteroatoms. The number of aromatic nitrogens is 2. The molecule has 0 radical (unpaired) electrons. The first-order valence-corrected chi connectivity index (χ1v) is 7.36. The van der Waals surface area contributed by atoms with Gasteiger partial charge in [0, 0.05) is 19.3 Å². The number of fused-ring (bicyclic) bond motifs is 1. The zero-order chi connectivity index (χ0) is 15.7. The number of rotatable bonds is 3.